The molecule has 0 amide bonds. The summed E-state index contributed by atoms with van der Waals surface area (Å²) in [5, 5.41) is 12.1. The van der Waals surface area contributed by atoms with Gasteiger partial charge in [-0.1, -0.05) is 13.0 Å². The monoisotopic (exact) mass is 245 g/mol. The number of hydrogen-bond acceptors (Lipinski definition) is 3. The number of aromatic hydroxyl groups is 1. The highest BCUT2D eigenvalue weighted by atomic mass is 32.2. The summed E-state index contributed by atoms with van der Waals surface area (Å²) in [4.78, 5) is 0. The first kappa shape index (κ1) is 13.1. The van der Waals surface area contributed by atoms with Crippen molar-refractivity contribution < 1.29 is 13.7 Å². The van der Waals surface area contributed by atoms with Crippen LogP contribution in [0.5, 0.6) is 5.75 Å². The van der Waals surface area contributed by atoms with Gasteiger partial charge in [0.05, 0.1) is 0 Å². The third-order valence-corrected chi connectivity index (χ3v) is 3.47. The Hall–Kier alpha value is -0.940. The van der Waals surface area contributed by atoms with Gasteiger partial charge in [-0.15, -0.1) is 0 Å². The Labute approximate surface area is 97.1 Å². The number of halogens is 1. The maximum atomic E-state index is 12.9. The first-order chi connectivity index (χ1) is 7.63. The first-order valence-corrected chi connectivity index (χ1v) is 6.65. The zero-order valence-corrected chi connectivity index (χ0v) is 10.0. The van der Waals surface area contributed by atoms with Crippen LogP contribution in [0.4, 0.5) is 4.39 Å². The number of phenolic OH excluding ortho intramolecular Hbond substituents is 1. The minimum Gasteiger partial charge on any atom is -0.505 e. The minimum atomic E-state index is -0.769. The van der Waals surface area contributed by atoms with E-state index in [1.165, 1.54) is 12.1 Å². The molecule has 0 saturated heterocycles. The minimum absolute atomic E-state index is 0.337. The molecule has 0 fully saturated rings. The highest BCUT2D eigenvalue weighted by Crippen LogP contribution is 2.15. The van der Waals surface area contributed by atoms with E-state index in [1.54, 1.807) is 6.07 Å². The molecular weight excluding hydrogens is 229 g/mol. The summed E-state index contributed by atoms with van der Waals surface area (Å²) >= 11 is 0. The molecule has 2 N–H and O–H groups in total. The molecule has 0 radical (unpaired) electrons. The zero-order valence-electron chi connectivity index (χ0n) is 9.20. The normalized spacial score (nSPS) is 12.6. The molecule has 1 unspecified atom stereocenters. The van der Waals surface area contributed by atoms with Gasteiger partial charge in [-0.25, -0.2) is 4.39 Å². The van der Waals surface area contributed by atoms with Gasteiger partial charge in [-0.3, -0.25) is 4.21 Å². The van der Waals surface area contributed by atoms with Crippen molar-refractivity contribution in [3.05, 3.63) is 29.6 Å². The molecule has 1 atom stereocenters. The Bertz CT molecular complexity index is 371. The van der Waals surface area contributed by atoms with Gasteiger partial charge in [0, 0.05) is 35.4 Å². The second kappa shape index (κ2) is 6.60. The van der Waals surface area contributed by atoms with Crippen LogP contribution >= 0.6 is 0 Å². The van der Waals surface area contributed by atoms with Gasteiger partial charge in [-0.2, -0.15) is 0 Å². The van der Waals surface area contributed by atoms with Crippen LogP contribution in [-0.4, -0.2) is 27.4 Å². The van der Waals surface area contributed by atoms with E-state index < -0.39 is 16.6 Å². The number of rotatable bonds is 6. The maximum Gasteiger partial charge on any atom is 0.165 e. The fraction of sp³-hybridized carbons (Fsp3) is 0.455. The first-order valence-electron chi connectivity index (χ1n) is 5.16. The zero-order chi connectivity index (χ0) is 12.0. The van der Waals surface area contributed by atoms with Crippen molar-refractivity contribution in [2.75, 3.05) is 18.1 Å². The molecule has 0 saturated carbocycles. The van der Waals surface area contributed by atoms with Crippen molar-refractivity contribution in [1.29, 1.82) is 0 Å². The van der Waals surface area contributed by atoms with Crippen LogP contribution in [0.1, 0.15) is 12.5 Å². The van der Waals surface area contributed by atoms with Crippen molar-refractivity contribution in [2.45, 2.75) is 13.5 Å². The summed E-state index contributed by atoms with van der Waals surface area (Å²) in [5.74, 6) is 0.319. The van der Waals surface area contributed by atoms with E-state index in [2.05, 4.69) is 5.32 Å². The van der Waals surface area contributed by atoms with E-state index in [1.807, 2.05) is 6.92 Å². The Morgan fingerprint density at radius 2 is 2.25 bits per heavy atom. The standard InChI is InChI=1S/C11H16FNO2S/c1-2-16(15)6-5-13-8-9-3-4-11(14)10(12)7-9/h3-4,7,13-14H,2,5-6,8H2,1H3. The van der Waals surface area contributed by atoms with Crippen LogP contribution in [0.15, 0.2) is 18.2 Å². The molecule has 1 aromatic carbocycles. The molecule has 0 bridgehead atoms. The van der Waals surface area contributed by atoms with Crippen LogP contribution in [0.25, 0.3) is 0 Å². The smallest absolute Gasteiger partial charge is 0.165 e. The van der Waals surface area contributed by atoms with Crippen LogP contribution < -0.4 is 5.32 Å². The largest absolute Gasteiger partial charge is 0.505 e. The summed E-state index contributed by atoms with van der Waals surface area (Å²) < 4.78 is 24.0. The second-order valence-electron chi connectivity index (χ2n) is 3.40. The third kappa shape index (κ3) is 4.28. The van der Waals surface area contributed by atoms with Crippen molar-refractivity contribution in [3.8, 4) is 5.75 Å². The molecule has 1 aromatic rings. The number of benzene rings is 1. The number of phenols is 1. The molecule has 0 aliphatic heterocycles. The predicted molar refractivity (Wildman–Crippen MR) is 63.3 cm³/mol. The third-order valence-electron chi connectivity index (χ3n) is 2.17. The van der Waals surface area contributed by atoms with Gasteiger partial charge < -0.3 is 10.4 Å². The summed E-state index contributed by atoms with van der Waals surface area (Å²) in [6, 6.07) is 4.28. The van der Waals surface area contributed by atoms with E-state index in [9.17, 15) is 8.60 Å². The molecule has 3 nitrogen and oxygen atoms in total. The van der Waals surface area contributed by atoms with Gasteiger partial charge in [0.25, 0.3) is 0 Å². The number of nitrogens with one attached hydrogen (secondary N) is 1. The Balaban J connectivity index is 2.32. The van der Waals surface area contributed by atoms with Crippen LogP contribution in [0.3, 0.4) is 0 Å². The van der Waals surface area contributed by atoms with Crippen LogP contribution in [0, 0.1) is 5.82 Å². The lowest BCUT2D eigenvalue weighted by molar-refractivity contribution is 0.431. The van der Waals surface area contributed by atoms with E-state index in [0.29, 0.717) is 24.6 Å². The lowest BCUT2D eigenvalue weighted by Crippen LogP contribution is -2.20. The highest BCUT2D eigenvalue weighted by molar-refractivity contribution is 7.84. The molecular formula is C11H16FNO2S. The fourth-order valence-electron chi connectivity index (χ4n) is 1.22. The highest BCUT2D eigenvalue weighted by Gasteiger charge is 2.01. The van der Waals surface area contributed by atoms with E-state index in [0.717, 1.165) is 5.56 Å². The fourth-order valence-corrected chi connectivity index (χ4v) is 1.88. The van der Waals surface area contributed by atoms with Crippen molar-refractivity contribution in [1.82, 2.24) is 5.32 Å². The average molecular weight is 245 g/mol. The Kier molecular flexibility index (Phi) is 5.42. The van der Waals surface area contributed by atoms with E-state index in [4.69, 9.17) is 5.11 Å². The topological polar surface area (TPSA) is 49.3 Å². The summed E-state index contributed by atoms with van der Waals surface area (Å²) in [5.41, 5.74) is 0.762. The van der Waals surface area contributed by atoms with Gasteiger partial charge >= 0.3 is 0 Å². The molecule has 90 valence electrons. The summed E-state index contributed by atoms with van der Waals surface area (Å²) in [6.45, 7) is 3.03. The molecule has 0 aliphatic carbocycles. The predicted octanol–water partition coefficient (Wildman–Crippen LogP) is 1.39. The van der Waals surface area contributed by atoms with Crippen molar-refractivity contribution >= 4 is 10.8 Å². The molecule has 16 heavy (non-hydrogen) atoms. The van der Waals surface area contributed by atoms with Crippen LogP contribution in [-0.2, 0) is 17.3 Å². The number of hydrogen-bond donors (Lipinski definition) is 2. The second-order valence-corrected chi connectivity index (χ2v) is 5.26. The molecule has 0 aromatic heterocycles. The SMILES string of the molecule is CCS(=O)CCNCc1ccc(O)c(F)c1. The average Bonchev–Trinajstić information content (AvgIpc) is 2.28. The van der Waals surface area contributed by atoms with Crippen molar-refractivity contribution in [2.24, 2.45) is 0 Å². The van der Waals surface area contributed by atoms with Crippen LogP contribution in [0.2, 0.25) is 0 Å². The summed E-state index contributed by atoms with van der Waals surface area (Å²) in [6.07, 6.45) is 0. The molecule has 0 spiro atoms. The molecule has 1 rings (SSSR count). The van der Waals surface area contributed by atoms with Gasteiger partial charge in [0.2, 0.25) is 0 Å². The van der Waals surface area contributed by atoms with E-state index in [-0.39, 0.29) is 5.75 Å². The molecule has 0 aliphatic rings. The van der Waals surface area contributed by atoms with Crippen molar-refractivity contribution in [3.63, 3.8) is 0 Å². The van der Waals surface area contributed by atoms with Gasteiger partial charge in [-0.05, 0) is 17.7 Å². The van der Waals surface area contributed by atoms with E-state index >= 15 is 0 Å². The summed E-state index contributed by atoms with van der Waals surface area (Å²) in [7, 11) is -0.769. The van der Waals surface area contributed by atoms with Gasteiger partial charge in [0.15, 0.2) is 11.6 Å². The maximum absolute atomic E-state index is 12.9. The Morgan fingerprint density at radius 1 is 1.50 bits per heavy atom. The lowest BCUT2D eigenvalue weighted by atomic mass is 10.2. The lowest BCUT2D eigenvalue weighted by Gasteiger charge is -2.05. The molecule has 0 heterocycles. The quantitative estimate of drug-likeness (QED) is 0.745. The Morgan fingerprint density at radius 3 is 2.88 bits per heavy atom. The van der Waals surface area contributed by atoms with Gasteiger partial charge in [0.1, 0.15) is 0 Å². The molecule has 5 heteroatoms.